The third kappa shape index (κ3) is 16.8. The Hall–Kier alpha value is -1.18. The summed E-state index contributed by atoms with van der Waals surface area (Å²) in [4.78, 5) is 14.3. The van der Waals surface area contributed by atoms with Crippen molar-refractivity contribution in [3.8, 4) is 0 Å². The van der Waals surface area contributed by atoms with Gasteiger partial charge >= 0.3 is 0 Å². The Morgan fingerprint density at radius 1 is 0.857 bits per heavy atom. The number of nitrogens with zero attached hydrogens (tertiary/aromatic N) is 1. The number of carbonyl (C=O) groups is 1. The van der Waals surface area contributed by atoms with Crippen LogP contribution in [-0.4, -0.2) is 12.6 Å². The Labute approximate surface area is 131 Å². The number of hydrogen-bond acceptors (Lipinski definition) is 1. The molecule has 0 unspecified atom stereocenters. The second kappa shape index (κ2) is 16.9. The first kappa shape index (κ1) is 19.8. The number of hydrogen-bond donors (Lipinski definition) is 0. The number of unbranched alkanes of at least 4 members (excludes halogenated alkanes) is 8. The van der Waals surface area contributed by atoms with Crippen molar-refractivity contribution in [1.29, 1.82) is 0 Å². The highest BCUT2D eigenvalue weighted by molar-refractivity contribution is 5.80. The Morgan fingerprint density at radius 3 is 2.05 bits per heavy atom. The Balaban J connectivity index is 3.21. The predicted octanol–water partition coefficient (Wildman–Crippen LogP) is 6.03. The Morgan fingerprint density at radius 2 is 1.43 bits per heavy atom. The molecule has 0 bridgehead atoms. The summed E-state index contributed by atoms with van der Waals surface area (Å²) >= 11 is 0. The van der Waals surface area contributed by atoms with Gasteiger partial charge in [0.15, 0.2) is 0 Å². The number of carbonyl (C=O) groups excluding carboxylic acids is 1. The molecular weight excluding hydrogens is 258 g/mol. The average molecular weight is 291 g/mol. The maximum absolute atomic E-state index is 10.9. The van der Waals surface area contributed by atoms with Crippen molar-refractivity contribution < 1.29 is 4.79 Å². The van der Waals surface area contributed by atoms with E-state index >= 15 is 0 Å². The van der Waals surface area contributed by atoms with Crippen LogP contribution in [-0.2, 0) is 4.79 Å². The molecule has 0 saturated heterocycles. The molecule has 0 aromatic heterocycles. The quantitative estimate of drug-likeness (QED) is 0.218. The second-order valence-electron chi connectivity index (χ2n) is 5.53. The lowest BCUT2D eigenvalue weighted by atomic mass is 10.1. The SMILES string of the molecule is C=NC(=O)CCCCCCC/C=C\C/C=C\CCCCC. The molecule has 0 atom stereocenters. The highest BCUT2D eigenvalue weighted by Gasteiger charge is 1.96. The van der Waals surface area contributed by atoms with Crippen LogP contribution in [0.25, 0.3) is 0 Å². The molecule has 0 aromatic rings. The number of amides is 1. The van der Waals surface area contributed by atoms with Crippen molar-refractivity contribution in [2.24, 2.45) is 4.99 Å². The zero-order chi connectivity index (χ0) is 15.6. The van der Waals surface area contributed by atoms with Gasteiger partial charge in [0.05, 0.1) is 0 Å². The molecule has 2 nitrogen and oxygen atoms in total. The van der Waals surface area contributed by atoms with E-state index in [1.807, 2.05) is 0 Å². The summed E-state index contributed by atoms with van der Waals surface area (Å²) in [6.45, 7) is 5.48. The molecular formula is C19H33NO. The Bertz CT molecular complexity index is 305. The molecule has 0 N–H and O–H groups in total. The minimum Gasteiger partial charge on any atom is -0.273 e. The molecule has 0 radical (unpaired) electrons. The highest BCUT2D eigenvalue weighted by atomic mass is 16.1. The summed E-state index contributed by atoms with van der Waals surface area (Å²) < 4.78 is 0. The maximum atomic E-state index is 10.9. The monoisotopic (exact) mass is 291 g/mol. The van der Waals surface area contributed by atoms with Crippen molar-refractivity contribution in [3.63, 3.8) is 0 Å². The van der Waals surface area contributed by atoms with Crippen LogP contribution in [0.3, 0.4) is 0 Å². The number of allylic oxidation sites excluding steroid dienone is 4. The van der Waals surface area contributed by atoms with Crippen LogP contribution in [0, 0.1) is 0 Å². The summed E-state index contributed by atoms with van der Waals surface area (Å²) in [7, 11) is 0. The van der Waals surface area contributed by atoms with Crippen LogP contribution in [0.2, 0.25) is 0 Å². The molecule has 1 amide bonds. The van der Waals surface area contributed by atoms with Gasteiger partial charge in [0.25, 0.3) is 0 Å². The van der Waals surface area contributed by atoms with E-state index in [0.717, 1.165) is 19.3 Å². The number of rotatable bonds is 14. The van der Waals surface area contributed by atoms with Crippen molar-refractivity contribution in [2.45, 2.75) is 84.0 Å². The first-order valence-electron chi connectivity index (χ1n) is 8.60. The van der Waals surface area contributed by atoms with Gasteiger partial charge in [-0.25, -0.2) is 4.99 Å². The van der Waals surface area contributed by atoms with Crippen LogP contribution in [0.4, 0.5) is 0 Å². The molecule has 0 aromatic carbocycles. The van der Waals surface area contributed by atoms with Crippen LogP contribution >= 0.6 is 0 Å². The van der Waals surface area contributed by atoms with Gasteiger partial charge in [-0.3, -0.25) is 4.79 Å². The molecule has 120 valence electrons. The van der Waals surface area contributed by atoms with E-state index in [-0.39, 0.29) is 5.91 Å². The van der Waals surface area contributed by atoms with Gasteiger partial charge in [-0.15, -0.1) is 0 Å². The average Bonchev–Trinajstić information content (AvgIpc) is 2.50. The summed E-state index contributed by atoms with van der Waals surface area (Å²) in [5.74, 6) is -0.0688. The molecule has 0 fully saturated rings. The van der Waals surface area contributed by atoms with Crippen LogP contribution in [0.1, 0.15) is 84.0 Å². The molecule has 0 heterocycles. The van der Waals surface area contributed by atoms with E-state index in [0.29, 0.717) is 6.42 Å². The lowest BCUT2D eigenvalue weighted by Crippen LogP contribution is -1.91. The molecule has 0 rings (SSSR count). The van der Waals surface area contributed by atoms with Gasteiger partial charge in [0.1, 0.15) is 0 Å². The molecule has 0 aliphatic rings. The lowest BCUT2D eigenvalue weighted by Gasteiger charge is -1.98. The van der Waals surface area contributed by atoms with Crippen molar-refractivity contribution in [3.05, 3.63) is 24.3 Å². The van der Waals surface area contributed by atoms with E-state index in [2.05, 4.69) is 42.9 Å². The lowest BCUT2D eigenvalue weighted by molar-refractivity contribution is -0.117. The van der Waals surface area contributed by atoms with Gasteiger partial charge in [0, 0.05) is 6.42 Å². The predicted molar refractivity (Wildman–Crippen MR) is 93.9 cm³/mol. The van der Waals surface area contributed by atoms with E-state index in [9.17, 15) is 4.79 Å². The molecule has 0 aliphatic carbocycles. The third-order valence-electron chi connectivity index (χ3n) is 3.52. The molecule has 0 aliphatic heterocycles. The molecule has 0 saturated carbocycles. The zero-order valence-electron chi connectivity index (χ0n) is 13.9. The first-order valence-corrected chi connectivity index (χ1v) is 8.60. The molecule has 0 spiro atoms. The first-order chi connectivity index (χ1) is 10.3. The Kier molecular flexibility index (Phi) is 15.9. The fourth-order valence-electron chi connectivity index (χ4n) is 2.17. The van der Waals surface area contributed by atoms with E-state index < -0.39 is 0 Å². The molecule has 21 heavy (non-hydrogen) atoms. The fourth-order valence-corrected chi connectivity index (χ4v) is 2.17. The standard InChI is InChI=1S/C19H33NO/c1-3-4-5-6-7-8-9-10-11-12-13-14-15-16-17-18-19(21)20-2/h7-8,10-11H,2-6,9,12-18H2,1H3/b8-7-,11-10-. The number of aliphatic imine (C=N–C) groups is 1. The van der Waals surface area contributed by atoms with Gasteiger partial charge in [0.2, 0.25) is 5.91 Å². The maximum Gasteiger partial charge on any atom is 0.245 e. The van der Waals surface area contributed by atoms with E-state index in [1.54, 1.807) is 0 Å². The van der Waals surface area contributed by atoms with Crippen molar-refractivity contribution in [1.82, 2.24) is 0 Å². The topological polar surface area (TPSA) is 29.4 Å². The van der Waals surface area contributed by atoms with Crippen LogP contribution in [0.15, 0.2) is 29.3 Å². The van der Waals surface area contributed by atoms with Gasteiger partial charge in [-0.2, -0.15) is 0 Å². The van der Waals surface area contributed by atoms with Crippen molar-refractivity contribution >= 4 is 12.6 Å². The minimum atomic E-state index is -0.0688. The van der Waals surface area contributed by atoms with E-state index in [1.165, 1.54) is 51.4 Å². The van der Waals surface area contributed by atoms with Crippen LogP contribution < -0.4 is 0 Å². The zero-order valence-corrected chi connectivity index (χ0v) is 13.9. The third-order valence-corrected chi connectivity index (χ3v) is 3.52. The van der Waals surface area contributed by atoms with Gasteiger partial charge in [-0.1, -0.05) is 63.3 Å². The highest BCUT2D eigenvalue weighted by Crippen LogP contribution is 2.08. The summed E-state index contributed by atoms with van der Waals surface area (Å²) in [5.41, 5.74) is 0. The smallest absolute Gasteiger partial charge is 0.245 e. The second-order valence-corrected chi connectivity index (χ2v) is 5.53. The summed E-state index contributed by atoms with van der Waals surface area (Å²) in [6.07, 6.45) is 23.0. The van der Waals surface area contributed by atoms with Gasteiger partial charge < -0.3 is 0 Å². The molecule has 2 heteroatoms. The largest absolute Gasteiger partial charge is 0.273 e. The van der Waals surface area contributed by atoms with Crippen LogP contribution in [0.5, 0.6) is 0 Å². The fraction of sp³-hybridized carbons (Fsp3) is 0.684. The minimum absolute atomic E-state index is 0.0688. The van der Waals surface area contributed by atoms with Crippen molar-refractivity contribution in [2.75, 3.05) is 0 Å². The summed E-state index contributed by atoms with van der Waals surface area (Å²) in [5, 5.41) is 0. The normalized spacial score (nSPS) is 11.5. The van der Waals surface area contributed by atoms with E-state index in [4.69, 9.17) is 0 Å². The van der Waals surface area contributed by atoms with Gasteiger partial charge in [-0.05, 0) is 45.2 Å². The summed E-state index contributed by atoms with van der Waals surface area (Å²) in [6, 6.07) is 0.